The molecule has 1 aliphatic rings. The second-order valence-electron chi connectivity index (χ2n) is 9.79. The molecule has 208 valence electrons. The number of nitrogens with zero attached hydrogens (tertiary/aromatic N) is 5. The van der Waals surface area contributed by atoms with Gasteiger partial charge in [0.05, 0.1) is 25.5 Å². The summed E-state index contributed by atoms with van der Waals surface area (Å²) in [5.74, 6) is 0.0990. The number of ether oxygens (including phenoxy) is 2. The Kier molecular flexibility index (Phi) is 9.00. The molecule has 1 aliphatic heterocycles. The number of rotatable bonds is 12. The van der Waals surface area contributed by atoms with Crippen molar-refractivity contribution in [3.63, 3.8) is 0 Å². The summed E-state index contributed by atoms with van der Waals surface area (Å²) in [6.45, 7) is 6.69. The van der Waals surface area contributed by atoms with Crippen molar-refractivity contribution in [1.29, 1.82) is 0 Å². The van der Waals surface area contributed by atoms with Crippen LogP contribution < -0.4 is 5.32 Å². The van der Waals surface area contributed by atoms with Gasteiger partial charge in [-0.05, 0) is 51.2 Å². The zero-order valence-corrected chi connectivity index (χ0v) is 22.4. The van der Waals surface area contributed by atoms with Crippen LogP contribution in [0.1, 0.15) is 45.1 Å². The number of urea groups is 1. The highest BCUT2D eigenvalue weighted by Gasteiger charge is 2.26. The lowest BCUT2D eigenvalue weighted by Crippen LogP contribution is -2.46. The molecule has 10 nitrogen and oxygen atoms in total. The summed E-state index contributed by atoms with van der Waals surface area (Å²) in [4.78, 5) is 31.3. The molecule has 4 aromatic heterocycles. The van der Waals surface area contributed by atoms with Crippen LogP contribution in [0.5, 0.6) is 0 Å². The summed E-state index contributed by atoms with van der Waals surface area (Å²) in [6.07, 6.45) is 11.5. The summed E-state index contributed by atoms with van der Waals surface area (Å²) >= 11 is 0. The van der Waals surface area contributed by atoms with E-state index in [2.05, 4.69) is 24.8 Å². The minimum atomic E-state index is -0.407. The molecule has 2 amide bonds. The monoisotopic (exact) mass is 537 g/mol. The number of pyridine rings is 1. The SMILES string of the molecule is CCOCCOCCCCCNC(=O)N1CCC[C@H](n2ccc3cnc(-c4c[nH]c5ncc(F)cc45)nc32)C1. The standard InChI is InChI=1S/C28H36FN7O3/c1-2-38-13-14-39-12-5-3-4-9-30-28(37)35-10-6-7-22(19-35)36-11-8-20-16-31-26(34-27(20)36)24-18-33-25-23(24)15-21(29)17-32-25/h8,11,15-18,22H,2-7,9-10,12-14,19H2,1H3,(H,30,37)(H,32,33)/t22-/m0/s1. The molecule has 0 saturated carbocycles. The van der Waals surface area contributed by atoms with Crippen LogP contribution in [0.25, 0.3) is 33.5 Å². The van der Waals surface area contributed by atoms with E-state index < -0.39 is 5.82 Å². The van der Waals surface area contributed by atoms with Crippen molar-refractivity contribution in [3.8, 4) is 11.4 Å². The number of aromatic amines is 1. The number of likely N-dealkylation sites (tertiary alicyclic amines) is 1. The fourth-order valence-electron chi connectivity index (χ4n) is 5.07. The smallest absolute Gasteiger partial charge is 0.317 e. The fraction of sp³-hybridized carbons (Fsp3) is 0.500. The van der Waals surface area contributed by atoms with Gasteiger partial charge in [0, 0.05) is 67.8 Å². The first-order valence-corrected chi connectivity index (χ1v) is 13.8. The van der Waals surface area contributed by atoms with E-state index >= 15 is 0 Å². The number of carbonyl (C=O) groups is 1. The Morgan fingerprint density at radius 3 is 2.97 bits per heavy atom. The van der Waals surface area contributed by atoms with E-state index in [9.17, 15) is 9.18 Å². The number of aromatic nitrogens is 5. The number of halogens is 1. The second kappa shape index (κ2) is 13.0. The molecule has 1 saturated heterocycles. The number of hydrogen-bond donors (Lipinski definition) is 2. The largest absolute Gasteiger partial charge is 0.379 e. The number of nitrogens with one attached hydrogen (secondary N) is 2. The molecule has 0 radical (unpaired) electrons. The second-order valence-corrected chi connectivity index (χ2v) is 9.79. The highest BCUT2D eigenvalue weighted by Crippen LogP contribution is 2.29. The average Bonchev–Trinajstić information content (AvgIpc) is 3.57. The third-order valence-electron chi connectivity index (χ3n) is 7.09. The average molecular weight is 538 g/mol. The summed E-state index contributed by atoms with van der Waals surface area (Å²) in [7, 11) is 0. The predicted octanol–water partition coefficient (Wildman–Crippen LogP) is 4.68. The molecule has 5 rings (SSSR count). The Balaban J connectivity index is 1.17. The van der Waals surface area contributed by atoms with Gasteiger partial charge in [0.1, 0.15) is 17.1 Å². The van der Waals surface area contributed by atoms with E-state index in [4.69, 9.17) is 14.5 Å². The summed E-state index contributed by atoms with van der Waals surface area (Å²) < 4.78 is 26.8. The Hall–Kier alpha value is -3.57. The van der Waals surface area contributed by atoms with Gasteiger partial charge in [-0.15, -0.1) is 0 Å². The summed E-state index contributed by atoms with van der Waals surface area (Å²) in [5, 5.41) is 4.64. The van der Waals surface area contributed by atoms with Gasteiger partial charge in [-0.25, -0.2) is 24.1 Å². The van der Waals surface area contributed by atoms with Gasteiger partial charge in [0.25, 0.3) is 0 Å². The maximum Gasteiger partial charge on any atom is 0.317 e. The van der Waals surface area contributed by atoms with Crippen molar-refractivity contribution in [2.24, 2.45) is 0 Å². The normalized spacial score (nSPS) is 15.8. The molecule has 1 fully saturated rings. The first-order valence-electron chi connectivity index (χ1n) is 13.8. The molecular weight excluding hydrogens is 501 g/mol. The molecule has 0 spiro atoms. The van der Waals surface area contributed by atoms with Crippen molar-refractivity contribution in [3.05, 3.63) is 42.7 Å². The van der Waals surface area contributed by atoms with Crippen molar-refractivity contribution in [2.75, 3.05) is 46.1 Å². The highest BCUT2D eigenvalue weighted by atomic mass is 19.1. The Morgan fingerprint density at radius 1 is 1.18 bits per heavy atom. The van der Waals surface area contributed by atoms with Crippen LogP contribution >= 0.6 is 0 Å². The molecule has 11 heteroatoms. The molecule has 1 atom stereocenters. The third kappa shape index (κ3) is 6.54. The zero-order chi connectivity index (χ0) is 27.0. The number of hydrogen-bond acceptors (Lipinski definition) is 6. The molecule has 0 bridgehead atoms. The maximum absolute atomic E-state index is 13.8. The maximum atomic E-state index is 13.8. The molecule has 0 aromatic carbocycles. The molecule has 2 N–H and O–H groups in total. The Morgan fingerprint density at radius 2 is 2.08 bits per heavy atom. The molecule has 0 unspecified atom stereocenters. The van der Waals surface area contributed by atoms with Gasteiger partial charge in [-0.1, -0.05) is 0 Å². The van der Waals surface area contributed by atoms with E-state index in [1.165, 1.54) is 12.3 Å². The van der Waals surface area contributed by atoms with Gasteiger partial charge >= 0.3 is 6.03 Å². The first-order chi connectivity index (χ1) is 19.1. The number of H-pyrrole nitrogens is 1. The van der Waals surface area contributed by atoms with Crippen LogP contribution in [0, 0.1) is 5.82 Å². The lowest BCUT2D eigenvalue weighted by atomic mass is 10.1. The predicted molar refractivity (Wildman–Crippen MR) is 147 cm³/mol. The highest BCUT2D eigenvalue weighted by molar-refractivity contribution is 5.92. The molecule has 5 heterocycles. The van der Waals surface area contributed by atoms with E-state index in [0.29, 0.717) is 55.3 Å². The summed E-state index contributed by atoms with van der Waals surface area (Å²) in [5.41, 5.74) is 2.09. The van der Waals surface area contributed by atoms with Gasteiger partial charge in [-0.2, -0.15) is 0 Å². The minimum absolute atomic E-state index is 0.0206. The van der Waals surface area contributed by atoms with Gasteiger partial charge < -0.3 is 29.2 Å². The van der Waals surface area contributed by atoms with Gasteiger partial charge in [0.2, 0.25) is 0 Å². The van der Waals surface area contributed by atoms with Gasteiger partial charge in [-0.3, -0.25) is 0 Å². The quantitative estimate of drug-likeness (QED) is 0.254. The van der Waals surface area contributed by atoms with Crippen molar-refractivity contribution in [2.45, 2.75) is 45.1 Å². The first kappa shape index (κ1) is 27.0. The topological polar surface area (TPSA) is 110 Å². The van der Waals surface area contributed by atoms with Gasteiger partial charge in [0.15, 0.2) is 5.82 Å². The van der Waals surface area contributed by atoms with E-state index in [1.54, 1.807) is 12.4 Å². The number of fused-ring (bicyclic) bond motifs is 2. The minimum Gasteiger partial charge on any atom is -0.379 e. The molecule has 0 aliphatic carbocycles. The van der Waals surface area contributed by atoms with Crippen LogP contribution in [-0.4, -0.2) is 81.5 Å². The van der Waals surface area contributed by atoms with Crippen LogP contribution in [0.15, 0.2) is 36.9 Å². The number of piperidine rings is 1. The van der Waals surface area contributed by atoms with Crippen LogP contribution in [-0.2, 0) is 9.47 Å². The third-order valence-corrected chi connectivity index (χ3v) is 7.09. The number of carbonyl (C=O) groups excluding carboxylic acids is 1. The van der Waals surface area contributed by atoms with E-state index in [1.807, 2.05) is 24.1 Å². The molecular formula is C28H36FN7O3. The lowest BCUT2D eigenvalue weighted by Gasteiger charge is -2.33. The van der Waals surface area contributed by atoms with E-state index in [0.717, 1.165) is 56.3 Å². The molecule has 39 heavy (non-hydrogen) atoms. The van der Waals surface area contributed by atoms with Crippen LogP contribution in [0.4, 0.5) is 9.18 Å². The summed E-state index contributed by atoms with van der Waals surface area (Å²) in [6, 6.07) is 3.53. The van der Waals surface area contributed by atoms with Crippen LogP contribution in [0.2, 0.25) is 0 Å². The van der Waals surface area contributed by atoms with Crippen molar-refractivity contribution < 1.29 is 18.7 Å². The molecule has 4 aromatic rings. The Bertz CT molecular complexity index is 1390. The van der Waals surface area contributed by atoms with E-state index in [-0.39, 0.29) is 12.1 Å². The Labute approximate surface area is 226 Å². The van der Waals surface area contributed by atoms with Crippen LogP contribution in [0.3, 0.4) is 0 Å². The number of amides is 2. The lowest BCUT2D eigenvalue weighted by molar-refractivity contribution is 0.0513. The fourth-order valence-corrected chi connectivity index (χ4v) is 5.07. The van der Waals surface area contributed by atoms with Crippen molar-refractivity contribution in [1.82, 2.24) is 34.7 Å². The zero-order valence-electron chi connectivity index (χ0n) is 22.4. The van der Waals surface area contributed by atoms with Crippen molar-refractivity contribution >= 4 is 28.1 Å². The number of unbranched alkanes of at least 4 members (excludes halogenated alkanes) is 2.